The monoisotopic (exact) mass is 543 g/mol. The lowest BCUT2D eigenvalue weighted by atomic mass is 9.78. The van der Waals surface area contributed by atoms with Crippen LogP contribution >= 0.6 is 7.55 Å². The zero-order valence-corrected chi connectivity index (χ0v) is 22.3. The lowest BCUT2D eigenvalue weighted by Gasteiger charge is -2.26. The molecule has 0 aliphatic carbocycles. The molecule has 3 aromatic rings. The van der Waals surface area contributed by atoms with Crippen molar-refractivity contribution in [2.45, 2.75) is 26.2 Å². The molecule has 0 saturated carbocycles. The highest BCUT2D eigenvalue weighted by molar-refractivity contribution is 7.79. The molecule has 0 bridgehead atoms. The normalized spacial score (nSPS) is 16.9. The van der Waals surface area contributed by atoms with Crippen LogP contribution in [0.25, 0.3) is 0 Å². The Labute approximate surface area is 225 Å². The SMILES string of the molecule is C/C=C1/C(=O)OC(=O)[P+]1=CCOc1ccc(C(C)(C)c2ccc(Oc3ccc4c(c3)C(=O)OC4=O)cc2)cc1. The van der Waals surface area contributed by atoms with Crippen molar-refractivity contribution >= 4 is 37.0 Å². The first kappa shape index (κ1) is 26.1. The van der Waals surface area contributed by atoms with Gasteiger partial charge < -0.3 is 18.9 Å². The summed E-state index contributed by atoms with van der Waals surface area (Å²) in [5, 5.41) is 0.389. The summed E-state index contributed by atoms with van der Waals surface area (Å²) in [5.41, 5.74) is 1.72. The number of hydrogen-bond donors (Lipinski definition) is 0. The van der Waals surface area contributed by atoms with Gasteiger partial charge in [-0.25, -0.2) is 14.4 Å². The maximum absolute atomic E-state index is 11.9. The standard InChI is InChI=1S/C30H24O8P/c1-4-25-28(33)38-29(34)39(25)16-15-35-20-9-5-18(6-10-20)30(2,3)19-7-11-21(12-8-19)36-22-13-14-23-24(17-22)27(32)37-26(23)31/h4-14,16-17H,15H2,1-3H3/q+1/b25-4-. The lowest BCUT2D eigenvalue weighted by molar-refractivity contribution is -0.130. The van der Waals surface area contributed by atoms with E-state index in [9.17, 15) is 19.2 Å². The van der Waals surface area contributed by atoms with Crippen molar-refractivity contribution in [3.8, 4) is 17.2 Å². The third-order valence-corrected chi connectivity index (χ3v) is 8.59. The zero-order valence-electron chi connectivity index (χ0n) is 21.4. The number of rotatable bonds is 7. The average Bonchev–Trinajstić information content (AvgIpc) is 3.36. The summed E-state index contributed by atoms with van der Waals surface area (Å²) in [7, 11) is -1.43. The van der Waals surface area contributed by atoms with E-state index in [0.717, 1.165) is 11.1 Å². The molecule has 196 valence electrons. The largest absolute Gasteiger partial charge is 0.524 e. The van der Waals surface area contributed by atoms with Gasteiger partial charge in [-0.3, -0.25) is 0 Å². The first-order chi connectivity index (χ1) is 18.7. The van der Waals surface area contributed by atoms with Gasteiger partial charge in [-0.05, 0) is 66.6 Å². The van der Waals surface area contributed by atoms with Crippen LogP contribution in [-0.2, 0) is 19.7 Å². The van der Waals surface area contributed by atoms with Gasteiger partial charge in [0.15, 0.2) is 0 Å². The van der Waals surface area contributed by atoms with Crippen LogP contribution in [0, 0.1) is 0 Å². The quantitative estimate of drug-likeness (QED) is 0.147. The predicted octanol–water partition coefficient (Wildman–Crippen LogP) is 6.36. The minimum absolute atomic E-state index is 0.178. The number of esters is 3. The number of ether oxygens (including phenoxy) is 4. The van der Waals surface area contributed by atoms with Crippen molar-refractivity contribution in [3.63, 3.8) is 0 Å². The van der Waals surface area contributed by atoms with E-state index in [2.05, 4.69) is 18.6 Å². The van der Waals surface area contributed by atoms with Gasteiger partial charge in [0.1, 0.15) is 29.7 Å². The van der Waals surface area contributed by atoms with Gasteiger partial charge in [0.05, 0.1) is 11.1 Å². The molecular weight excluding hydrogens is 519 g/mol. The number of carbonyl (C=O) groups is 4. The van der Waals surface area contributed by atoms with Crippen LogP contribution in [0.5, 0.6) is 17.2 Å². The molecule has 1 atom stereocenters. The summed E-state index contributed by atoms with van der Waals surface area (Å²) < 4.78 is 21.0. The highest BCUT2D eigenvalue weighted by atomic mass is 31.1. The van der Waals surface area contributed by atoms with Crippen LogP contribution in [0.15, 0.2) is 78.1 Å². The van der Waals surface area contributed by atoms with E-state index < -0.39 is 31.2 Å². The number of carbonyl (C=O) groups excluding carboxylic acids is 4. The first-order valence-electron chi connectivity index (χ1n) is 12.1. The molecule has 3 aromatic carbocycles. The van der Waals surface area contributed by atoms with Crippen LogP contribution in [0.4, 0.5) is 4.79 Å². The van der Waals surface area contributed by atoms with Crippen LogP contribution in [0.2, 0.25) is 0 Å². The molecule has 2 aliphatic rings. The molecule has 2 aliphatic heterocycles. The first-order valence-corrected chi connectivity index (χ1v) is 13.6. The third-order valence-electron chi connectivity index (χ3n) is 6.63. The van der Waals surface area contributed by atoms with Crippen LogP contribution in [0.1, 0.15) is 52.6 Å². The van der Waals surface area contributed by atoms with E-state index >= 15 is 0 Å². The van der Waals surface area contributed by atoms with Crippen LogP contribution in [-0.4, -0.2) is 36.0 Å². The molecule has 2 heterocycles. The molecule has 1 fully saturated rings. The van der Waals surface area contributed by atoms with E-state index in [4.69, 9.17) is 14.2 Å². The van der Waals surface area contributed by atoms with Crippen molar-refractivity contribution < 1.29 is 38.1 Å². The summed E-state index contributed by atoms with van der Waals surface area (Å²) in [4.78, 5) is 47.0. The van der Waals surface area contributed by atoms with Gasteiger partial charge in [0, 0.05) is 5.41 Å². The van der Waals surface area contributed by atoms with Gasteiger partial charge in [-0.2, -0.15) is 4.79 Å². The van der Waals surface area contributed by atoms with Crippen molar-refractivity contribution in [2.75, 3.05) is 6.61 Å². The number of benzene rings is 3. The Bertz CT molecular complexity index is 1560. The molecule has 9 heteroatoms. The summed E-state index contributed by atoms with van der Waals surface area (Å²) >= 11 is 0. The molecule has 0 aromatic heterocycles. The number of hydrogen-bond acceptors (Lipinski definition) is 8. The summed E-state index contributed by atoms with van der Waals surface area (Å²) in [6.07, 6.45) is 1.61. The molecule has 5 rings (SSSR count). The molecule has 0 radical (unpaired) electrons. The van der Waals surface area contributed by atoms with Gasteiger partial charge in [0.2, 0.25) is 5.31 Å². The summed E-state index contributed by atoms with van der Waals surface area (Å²) in [6.45, 7) is 6.11. The molecule has 0 N–H and O–H groups in total. The number of allylic oxidation sites excluding steroid dienone is 1. The van der Waals surface area contributed by atoms with E-state index in [1.807, 2.05) is 48.5 Å². The highest BCUT2D eigenvalue weighted by Gasteiger charge is 2.45. The van der Waals surface area contributed by atoms with Crippen molar-refractivity contribution in [1.29, 1.82) is 0 Å². The summed E-state index contributed by atoms with van der Waals surface area (Å²) in [6, 6.07) is 20.0. The lowest BCUT2D eigenvalue weighted by Crippen LogP contribution is -2.18. The molecule has 1 unspecified atom stereocenters. The van der Waals surface area contributed by atoms with Gasteiger partial charge in [-0.1, -0.05) is 38.1 Å². The third kappa shape index (κ3) is 5.11. The Balaban J connectivity index is 1.24. The average molecular weight is 543 g/mol. The molecule has 0 spiro atoms. The predicted molar refractivity (Wildman–Crippen MR) is 145 cm³/mol. The smallest absolute Gasteiger partial charge is 0.486 e. The maximum atomic E-state index is 11.9. The Morgan fingerprint density at radius 3 is 1.97 bits per heavy atom. The molecule has 0 amide bonds. The van der Waals surface area contributed by atoms with E-state index in [1.54, 1.807) is 24.9 Å². The Hall–Kier alpha value is -4.55. The second-order valence-electron chi connectivity index (χ2n) is 9.35. The highest BCUT2D eigenvalue weighted by Crippen LogP contribution is 2.42. The fourth-order valence-electron chi connectivity index (χ4n) is 4.35. The van der Waals surface area contributed by atoms with E-state index in [1.165, 1.54) is 12.1 Å². The van der Waals surface area contributed by atoms with E-state index in [0.29, 0.717) is 22.6 Å². The Kier molecular flexibility index (Phi) is 6.89. The van der Waals surface area contributed by atoms with Gasteiger partial charge >= 0.3 is 23.6 Å². The van der Waals surface area contributed by atoms with Crippen molar-refractivity contribution in [2.24, 2.45) is 0 Å². The fourth-order valence-corrected chi connectivity index (χ4v) is 5.82. The number of fused-ring (bicyclic) bond motifs is 1. The van der Waals surface area contributed by atoms with E-state index in [-0.39, 0.29) is 23.1 Å². The Morgan fingerprint density at radius 2 is 1.33 bits per heavy atom. The van der Waals surface area contributed by atoms with Crippen molar-refractivity contribution in [1.82, 2.24) is 0 Å². The second kappa shape index (κ2) is 10.3. The number of cyclic esters (lactones) is 4. The fraction of sp³-hybridized carbons (Fsp3) is 0.167. The van der Waals surface area contributed by atoms with Gasteiger partial charge in [0.25, 0.3) is 7.55 Å². The maximum Gasteiger partial charge on any atom is 0.524 e. The zero-order chi connectivity index (χ0) is 27.7. The topological polar surface area (TPSA) is 105 Å². The Morgan fingerprint density at radius 1 is 0.744 bits per heavy atom. The molecule has 1 saturated heterocycles. The molecule has 8 nitrogen and oxygen atoms in total. The summed E-state index contributed by atoms with van der Waals surface area (Å²) in [5.74, 6) is 1.44. The van der Waals surface area contributed by atoms with Crippen LogP contribution in [0.3, 0.4) is 0 Å². The minimum Gasteiger partial charge on any atom is -0.486 e. The molecular formula is C30H24O8P+. The van der Waals surface area contributed by atoms with Crippen molar-refractivity contribution in [3.05, 3.63) is 100 Å². The minimum atomic E-state index is -1.43. The molecule has 39 heavy (non-hydrogen) atoms. The second-order valence-corrected chi connectivity index (χ2v) is 11.3. The van der Waals surface area contributed by atoms with Crippen LogP contribution < -0.4 is 9.47 Å². The van der Waals surface area contributed by atoms with Gasteiger partial charge in [-0.15, -0.1) is 0 Å².